The number of aromatic amines is 1. The van der Waals surface area contributed by atoms with Crippen LogP contribution in [-0.4, -0.2) is 61.2 Å². The molecule has 1 saturated heterocycles. The van der Waals surface area contributed by atoms with Crippen LogP contribution < -0.4 is 10.2 Å². The molecule has 148 valence electrons. The summed E-state index contributed by atoms with van der Waals surface area (Å²) in [5.74, 6) is 0.581. The second-order valence-electron chi connectivity index (χ2n) is 6.70. The van der Waals surface area contributed by atoms with E-state index in [1.165, 1.54) is 6.33 Å². The fraction of sp³-hybridized carbons (Fsp3) is 0.263. The summed E-state index contributed by atoms with van der Waals surface area (Å²) >= 11 is 0. The quantitative estimate of drug-likeness (QED) is 0.469. The van der Waals surface area contributed by atoms with Crippen LogP contribution in [0.3, 0.4) is 0 Å². The molecule has 4 heterocycles. The van der Waals surface area contributed by atoms with Gasteiger partial charge in [-0.05, 0) is 18.2 Å². The third-order valence-electron chi connectivity index (χ3n) is 4.96. The number of aromatic nitrogens is 6. The van der Waals surface area contributed by atoms with Gasteiger partial charge < -0.3 is 20.1 Å². The number of rotatable bonds is 5. The maximum atomic E-state index is 9.88. The second-order valence-corrected chi connectivity index (χ2v) is 6.70. The molecule has 1 aliphatic rings. The van der Waals surface area contributed by atoms with Gasteiger partial charge in [0.1, 0.15) is 6.33 Å². The van der Waals surface area contributed by atoms with E-state index in [9.17, 15) is 5.11 Å². The zero-order valence-corrected chi connectivity index (χ0v) is 15.6. The first kappa shape index (κ1) is 17.6. The molecule has 10 heteroatoms. The number of nitrogens with one attached hydrogen (secondary N) is 2. The molecular weight excluding hydrogens is 372 g/mol. The fourth-order valence-electron chi connectivity index (χ4n) is 3.53. The highest BCUT2D eigenvalue weighted by Gasteiger charge is 2.16. The Bertz CT molecular complexity index is 1120. The highest BCUT2D eigenvalue weighted by atomic mass is 16.5. The molecule has 29 heavy (non-hydrogen) atoms. The predicted molar refractivity (Wildman–Crippen MR) is 107 cm³/mol. The van der Waals surface area contributed by atoms with E-state index in [-0.39, 0.29) is 6.61 Å². The summed E-state index contributed by atoms with van der Waals surface area (Å²) in [5, 5.41) is 24.3. The summed E-state index contributed by atoms with van der Waals surface area (Å²) in [7, 11) is 0. The lowest BCUT2D eigenvalue weighted by molar-refractivity contribution is 0.122. The van der Waals surface area contributed by atoms with Crippen LogP contribution in [0, 0.1) is 0 Å². The van der Waals surface area contributed by atoms with Gasteiger partial charge in [-0.15, -0.1) is 0 Å². The minimum Gasteiger partial charge on any atom is -0.392 e. The van der Waals surface area contributed by atoms with Crippen LogP contribution in [0.4, 0.5) is 17.2 Å². The number of ether oxygens (including phenoxy) is 1. The summed E-state index contributed by atoms with van der Waals surface area (Å²) in [4.78, 5) is 11.1. The first-order valence-corrected chi connectivity index (χ1v) is 9.35. The molecular formula is C19H20N8O2. The van der Waals surface area contributed by atoms with E-state index < -0.39 is 0 Å². The summed E-state index contributed by atoms with van der Waals surface area (Å²) in [6, 6.07) is 5.92. The molecule has 0 amide bonds. The van der Waals surface area contributed by atoms with E-state index in [1.807, 2.05) is 18.2 Å². The van der Waals surface area contributed by atoms with Crippen molar-refractivity contribution in [2.45, 2.75) is 6.61 Å². The van der Waals surface area contributed by atoms with Gasteiger partial charge in [0.05, 0.1) is 37.9 Å². The van der Waals surface area contributed by atoms with E-state index in [0.29, 0.717) is 24.7 Å². The summed E-state index contributed by atoms with van der Waals surface area (Å²) < 4.78 is 7.14. The van der Waals surface area contributed by atoms with E-state index in [1.54, 1.807) is 23.1 Å². The second kappa shape index (κ2) is 7.49. The van der Waals surface area contributed by atoms with Crippen LogP contribution in [0.15, 0.2) is 43.1 Å². The Morgan fingerprint density at radius 2 is 2.07 bits per heavy atom. The van der Waals surface area contributed by atoms with Crippen molar-refractivity contribution in [1.82, 2.24) is 29.8 Å². The van der Waals surface area contributed by atoms with Crippen LogP contribution in [0.25, 0.3) is 16.9 Å². The number of hydrogen-bond acceptors (Lipinski definition) is 8. The van der Waals surface area contributed by atoms with Crippen LogP contribution >= 0.6 is 0 Å². The van der Waals surface area contributed by atoms with Gasteiger partial charge in [-0.25, -0.2) is 14.5 Å². The molecule has 0 unspecified atom stereocenters. The Morgan fingerprint density at radius 3 is 2.86 bits per heavy atom. The van der Waals surface area contributed by atoms with Crippen molar-refractivity contribution in [2.24, 2.45) is 0 Å². The fourth-order valence-corrected chi connectivity index (χ4v) is 3.53. The molecule has 0 saturated carbocycles. The van der Waals surface area contributed by atoms with E-state index in [4.69, 9.17) is 4.74 Å². The molecule has 1 aliphatic heterocycles. The van der Waals surface area contributed by atoms with Gasteiger partial charge in [-0.3, -0.25) is 5.10 Å². The number of aliphatic hydroxyl groups is 1. The van der Waals surface area contributed by atoms with Gasteiger partial charge in [0.15, 0.2) is 11.5 Å². The Kier molecular flexibility index (Phi) is 4.54. The summed E-state index contributed by atoms with van der Waals surface area (Å²) in [6.07, 6.45) is 6.71. The lowest BCUT2D eigenvalue weighted by Gasteiger charge is -2.30. The van der Waals surface area contributed by atoms with Gasteiger partial charge in [-0.2, -0.15) is 10.2 Å². The number of anilines is 3. The van der Waals surface area contributed by atoms with Crippen LogP contribution in [-0.2, 0) is 11.3 Å². The average Bonchev–Trinajstić information content (AvgIpc) is 3.47. The van der Waals surface area contributed by atoms with Gasteiger partial charge in [0, 0.05) is 41.8 Å². The zero-order valence-electron chi connectivity index (χ0n) is 15.6. The Labute approximate surface area is 166 Å². The first-order valence-electron chi connectivity index (χ1n) is 9.35. The summed E-state index contributed by atoms with van der Waals surface area (Å²) in [6.45, 7) is 2.98. The average molecular weight is 392 g/mol. The number of H-pyrrole nitrogens is 1. The third kappa shape index (κ3) is 3.28. The lowest BCUT2D eigenvalue weighted by atomic mass is 10.1. The third-order valence-corrected chi connectivity index (χ3v) is 4.96. The van der Waals surface area contributed by atoms with Crippen molar-refractivity contribution in [3.05, 3.63) is 48.7 Å². The van der Waals surface area contributed by atoms with Crippen molar-refractivity contribution in [3.8, 4) is 11.3 Å². The van der Waals surface area contributed by atoms with E-state index in [2.05, 4.69) is 35.5 Å². The van der Waals surface area contributed by atoms with Gasteiger partial charge in [0.25, 0.3) is 0 Å². The molecule has 3 N–H and O–H groups in total. The highest BCUT2D eigenvalue weighted by molar-refractivity contribution is 5.74. The normalized spacial score (nSPS) is 14.4. The largest absolute Gasteiger partial charge is 0.392 e. The molecule has 0 spiro atoms. The molecule has 0 atom stereocenters. The van der Waals surface area contributed by atoms with E-state index >= 15 is 0 Å². The van der Waals surface area contributed by atoms with Gasteiger partial charge >= 0.3 is 0 Å². The Balaban J connectivity index is 1.47. The maximum Gasteiger partial charge on any atom is 0.199 e. The molecule has 1 aromatic carbocycles. The lowest BCUT2D eigenvalue weighted by Crippen LogP contribution is -2.36. The van der Waals surface area contributed by atoms with Crippen LogP contribution in [0.1, 0.15) is 5.56 Å². The molecule has 1 fully saturated rings. The van der Waals surface area contributed by atoms with Gasteiger partial charge in [0.2, 0.25) is 0 Å². The Hall–Kier alpha value is -3.50. The molecule has 4 aromatic rings. The standard InChI is InChI=1S/C19H20N8O2/c28-11-13-7-15(1-2-16(13)26-3-5-29-6-4-26)25-18-19-21-12-24-27(19)17(10-20-18)14-8-22-23-9-14/h1-2,7-10,12,28H,3-6,11H2,(H,20,25)(H,22,23). The monoisotopic (exact) mass is 392 g/mol. The van der Waals surface area contributed by atoms with Crippen molar-refractivity contribution < 1.29 is 9.84 Å². The molecule has 0 bridgehead atoms. The number of benzene rings is 1. The van der Waals surface area contributed by atoms with Crippen molar-refractivity contribution in [3.63, 3.8) is 0 Å². The predicted octanol–water partition coefficient (Wildman–Crippen LogP) is 1.59. The smallest absolute Gasteiger partial charge is 0.199 e. The Morgan fingerprint density at radius 1 is 1.17 bits per heavy atom. The topological polar surface area (TPSA) is 116 Å². The van der Waals surface area contributed by atoms with Gasteiger partial charge in [-0.1, -0.05) is 0 Å². The number of fused-ring (bicyclic) bond motifs is 1. The molecule has 0 radical (unpaired) electrons. The summed E-state index contributed by atoms with van der Waals surface area (Å²) in [5.41, 5.74) is 4.96. The number of aliphatic hydroxyl groups excluding tert-OH is 1. The first-order chi connectivity index (χ1) is 14.3. The molecule has 10 nitrogen and oxygen atoms in total. The van der Waals surface area contributed by atoms with E-state index in [0.717, 1.165) is 41.3 Å². The number of hydrogen-bond donors (Lipinski definition) is 3. The molecule has 0 aliphatic carbocycles. The number of morpholine rings is 1. The van der Waals surface area contributed by atoms with Crippen molar-refractivity contribution >= 4 is 22.8 Å². The zero-order chi connectivity index (χ0) is 19.6. The van der Waals surface area contributed by atoms with Crippen molar-refractivity contribution in [1.29, 1.82) is 0 Å². The van der Waals surface area contributed by atoms with Crippen LogP contribution in [0.5, 0.6) is 0 Å². The van der Waals surface area contributed by atoms with Crippen molar-refractivity contribution in [2.75, 3.05) is 36.5 Å². The molecule has 5 rings (SSSR count). The minimum atomic E-state index is -0.0462. The van der Waals surface area contributed by atoms with Crippen LogP contribution in [0.2, 0.25) is 0 Å². The SMILES string of the molecule is OCc1cc(Nc2ncc(-c3cn[nH]c3)n3ncnc23)ccc1N1CCOCC1. The minimum absolute atomic E-state index is 0.0462. The maximum absolute atomic E-state index is 9.88. The number of nitrogens with zero attached hydrogens (tertiary/aromatic N) is 6. The molecule has 3 aromatic heterocycles. The highest BCUT2D eigenvalue weighted by Crippen LogP contribution is 2.28.